The van der Waals surface area contributed by atoms with Gasteiger partial charge < -0.3 is 9.72 Å². The highest BCUT2D eigenvalue weighted by Crippen LogP contribution is 2.29. The molecule has 0 aliphatic rings. The first-order valence-electron chi connectivity index (χ1n) is 6.33. The normalized spacial score (nSPS) is 10.8. The number of imidazole rings is 1. The van der Waals surface area contributed by atoms with E-state index in [9.17, 15) is 0 Å². The SMILES string of the molecule is CCOc1ccccc1-c1nc2nccc(C)c2[nH]1. The predicted octanol–water partition coefficient (Wildman–Crippen LogP) is 3.33. The lowest BCUT2D eigenvalue weighted by Crippen LogP contribution is -1.94. The molecule has 2 heterocycles. The van der Waals surface area contributed by atoms with Gasteiger partial charge in [0.05, 0.1) is 17.7 Å². The monoisotopic (exact) mass is 253 g/mol. The van der Waals surface area contributed by atoms with Crippen molar-refractivity contribution in [2.75, 3.05) is 6.61 Å². The van der Waals surface area contributed by atoms with E-state index in [1.54, 1.807) is 6.20 Å². The van der Waals surface area contributed by atoms with Crippen LogP contribution in [0.15, 0.2) is 36.5 Å². The van der Waals surface area contributed by atoms with Crippen molar-refractivity contribution in [2.24, 2.45) is 0 Å². The van der Waals surface area contributed by atoms with Gasteiger partial charge in [-0.2, -0.15) is 0 Å². The van der Waals surface area contributed by atoms with E-state index in [0.29, 0.717) is 6.61 Å². The fourth-order valence-electron chi connectivity index (χ4n) is 2.11. The van der Waals surface area contributed by atoms with Crippen LogP contribution in [0.25, 0.3) is 22.6 Å². The first-order chi connectivity index (χ1) is 9.29. The van der Waals surface area contributed by atoms with E-state index in [1.165, 1.54) is 0 Å². The van der Waals surface area contributed by atoms with Gasteiger partial charge in [-0.05, 0) is 37.6 Å². The van der Waals surface area contributed by atoms with E-state index in [4.69, 9.17) is 4.74 Å². The van der Waals surface area contributed by atoms with Crippen LogP contribution in [0.2, 0.25) is 0 Å². The van der Waals surface area contributed by atoms with E-state index in [-0.39, 0.29) is 0 Å². The number of aryl methyl sites for hydroxylation is 1. The Kier molecular flexibility index (Phi) is 2.91. The molecule has 0 fully saturated rings. The molecule has 0 radical (unpaired) electrons. The third-order valence-corrected chi connectivity index (χ3v) is 3.04. The Balaban J connectivity index is 2.17. The molecule has 0 saturated heterocycles. The zero-order valence-electron chi connectivity index (χ0n) is 11.0. The van der Waals surface area contributed by atoms with Crippen molar-refractivity contribution >= 4 is 11.2 Å². The largest absolute Gasteiger partial charge is 0.493 e. The Hall–Kier alpha value is -2.36. The molecule has 19 heavy (non-hydrogen) atoms. The number of nitrogens with one attached hydrogen (secondary N) is 1. The summed E-state index contributed by atoms with van der Waals surface area (Å²) in [6, 6.07) is 9.86. The van der Waals surface area contributed by atoms with Crippen LogP contribution in [0, 0.1) is 6.92 Å². The average molecular weight is 253 g/mol. The van der Waals surface area contributed by atoms with Gasteiger partial charge in [-0.3, -0.25) is 0 Å². The van der Waals surface area contributed by atoms with Crippen molar-refractivity contribution in [3.8, 4) is 17.1 Å². The fraction of sp³-hybridized carbons (Fsp3) is 0.200. The standard InChI is InChI=1S/C15H15N3O/c1-3-19-12-7-5-4-6-11(12)14-17-13-10(2)8-9-16-15(13)18-14/h4-9H,3H2,1-2H3,(H,16,17,18). The summed E-state index contributed by atoms with van der Waals surface area (Å²) in [5.41, 5.74) is 3.81. The maximum atomic E-state index is 5.64. The zero-order valence-corrected chi connectivity index (χ0v) is 11.0. The van der Waals surface area contributed by atoms with E-state index in [2.05, 4.69) is 15.0 Å². The second-order valence-electron chi connectivity index (χ2n) is 4.34. The highest BCUT2D eigenvalue weighted by Gasteiger charge is 2.11. The maximum absolute atomic E-state index is 5.64. The minimum Gasteiger partial charge on any atom is -0.493 e. The Bertz CT molecular complexity index is 718. The first kappa shape index (κ1) is 11.7. The number of hydrogen-bond acceptors (Lipinski definition) is 3. The molecule has 4 nitrogen and oxygen atoms in total. The number of H-pyrrole nitrogens is 1. The number of pyridine rings is 1. The van der Waals surface area contributed by atoms with Crippen LogP contribution >= 0.6 is 0 Å². The minimum absolute atomic E-state index is 0.633. The molecule has 96 valence electrons. The molecule has 1 N–H and O–H groups in total. The Morgan fingerprint density at radius 1 is 1.21 bits per heavy atom. The van der Waals surface area contributed by atoms with Gasteiger partial charge in [-0.15, -0.1) is 0 Å². The number of ether oxygens (including phenoxy) is 1. The highest BCUT2D eigenvalue weighted by atomic mass is 16.5. The van der Waals surface area contributed by atoms with E-state index in [1.807, 2.05) is 44.2 Å². The van der Waals surface area contributed by atoms with Crippen LogP contribution in [-0.2, 0) is 0 Å². The highest BCUT2D eigenvalue weighted by molar-refractivity contribution is 5.80. The number of para-hydroxylation sites is 1. The topological polar surface area (TPSA) is 50.8 Å². The lowest BCUT2D eigenvalue weighted by Gasteiger charge is -2.07. The van der Waals surface area contributed by atoms with Gasteiger partial charge in [0.15, 0.2) is 5.65 Å². The number of aromatic amines is 1. The van der Waals surface area contributed by atoms with E-state index in [0.717, 1.165) is 33.9 Å². The molecule has 3 aromatic rings. The number of rotatable bonds is 3. The van der Waals surface area contributed by atoms with Crippen molar-refractivity contribution in [3.05, 3.63) is 42.1 Å². The maximum Gasteiger partial charge on any atom is 0.178 e. The van der Waals surface area contributed by atoms with Gasteiger partial charge in [-0.1, -0.05) is 12.1 Å². The molecule has 2 aromatic heterocycles. The molecule has 0 spiro atoms. The molecule has 3 rings (SSSR count). The number of benzene rings is 1. The summed E-state index contributed by atoms with van der Waals surface area (Å²) in [5.74, 6) is 1.63. The smallest absolute Gasteiger partial charge is 0.178 e. The molecule has 0 saturated carbocycles. The molecule has 1 aromatic carbocycles. The summed E-state index contributed by atoms with van der Waals surface area (Å²) < 4.78 is 5.64. The minimum atomic E-state index is 0.633. The van der Waals surface area contributed by atoms with Crippen LogP contribution in [0.4, 0.5) is 0 Å². The third-order valence-electron chi connectivity index (χ3n) is 3.04. The number of hydrogen-bond donors (Lipinski definition) is 1. The van der Waals surface area contributed by atoms with Gasteiger partial charge in [0.2, 0.25) is 0 Å². The summed E-state index contributed by atoms with van der Waals surface area (Å²) >= 11 is 0. The number of nitrogens with zero attached hydrogens (tertiary/aromatic N) is 2. The van der Waals surface area contributed by atoms with E-state index < -0.39 is 0 Å². The van der Waals surface area contributed by atoms with Gasteiger partial charge in [0.25, 0.3) is 0 Å². The number of aromatic nitrogens is 3. The Morgan fingerprint density at radius 2 is 2.05 bits per heavy atom. The van der Waals surface area contributed by atoms with E-state index >= 15 is 0 Å². The molecule has 0 aliphatic heterocycles. The van der Waals surface area contributed by atoms with Crippen LogP contribution in [0.3, 0.4) is 0 Å². The Morgan fingerprint density at radius 3 is 2.84 bits per heavy atom. The number of fused-ring (bicyclic) bond motifs is 1. The fourth-order valence-corrected chi connectivity index (χ4v) is 2.11. The molecular formula is C15H15N3O. The van der Waals surface area contributed by atoms with Gasteiger partial charge in [0, 0.05) is 6.20 Å². The molecule has 4 heteroatoms. The first-order valence-corrected chi connectivity index (χ1v) is 6.33. The quantitative estimate of drug-likeness (QED) is 0.779. The van der Waals surface area contributed by atoms with Crippen molar-refractivity contribution in [1.82, 2.24) is 15.0 Å². The summed E-state index contributed by atoms with van der Waals surface area (Å²) in [5, 5.41) is 0. The molecule has 0 unspecified atom stereocenters. The van der Waals surface area contributed by atoms with Crippen LogP contribution in [0.1, 0.15) is 12.5 Å². The lowest BCUT2D eigenvalue weighted by molar-refractivity contribution is 0.341. The summed E-state index contributed by atoms with van der Waals surface area (Å²) in [4.78, 5) is 12.1. The molecular weight excluding hydrogens is 238 g/mol. The van der Waals surface area contributed by atoms with Gasteiger partial charge in [-0.25, -0.2) is 9.97 Å². The average Bonchev–Trinajstić information content (AvgIpc) is 2.85. The second kappa shape index (κ2) is 4.72. The van der Waals surface area contributed by atoms with Crippen LogP contribution in [0.5, 0.6) is 5.75 Å². The summed E-state index contributed by atoms with van der Waals surface area (Å²) in [7, 11) is 0. The Labute approximate surface area is 111 Å². The summed E-state index contributed by atoms with van der Waals surface area (Å²) in [6.07, 6.45) is 1.77. The molecule has 0 aliphatic carbocycles. The zero-order chi connectivity index (χ0) is 13.2. The molecule has 0 amide bonds. The summed E-state index contributed by atoms with van der Waals surface area (Å²) in [6.45, 7) is 4.65. The molecule has 0 bridgehead atoms. The van der Waals surface area contributed by atoms with Crippen molar-refractivity contribution in [3.63, 3.8) is 0 Å². The van der Waals surface area contributed by atoms with Crippen molar-refractivity contribution in [1.29, 1.82) is 0 Å². The van der Waals surface area contributed by atoms with Gasteiger partial charge >= 0.3 is 0 Å². The second-order valence-corrected chi connectivity index (χ2v) is 4.34. The lowest BCUT2D eigenvalue weighted by atomic mass is 10.2. The predicted molar refractivity (Wildman–Crippen MR) is 75.2 cm³/mol. The molecule has 0 atom stereocenters. The van der Waals surface area contributed by atoms with Crippen LogP contribution in [-0.4, -0.2) is 21.6 Å². The third kappa shape index (κ3) is 2.05. The van der Waals surface area contributed by atoms with Gasteiger partial charge in [0.1, 0.15) is 11.6 Å². The van der Waals surface area contributed by atoms with Crippen molar-refractivity contribution < 1.29 is 4.74 Å². The van der Waals surface area contributed by atoms with Crippen molar-refractivity contribution in [2.45, 2.75) is 13.8 Å². The van der Waals surface area contributed by atoms with Crippen LogP contribution < -0.4 is 4.74 Å².